The molecule has 0 bridgehead atoms. The van der Waals surface area contributed by atoms with Crippen LogP contribution in [0.1, 0.15) is 12.1 Å². The third kappa shape index (κ3) is 2.99. The van der Waals surface area contributed by atoms with E-state index in [1.54, 1.807) is 6.26 Å². The summed E-state index contributed by atoms with van der Waals surface area (Å²) in [6.07, 6.45) is 1.51. The molecule has 0 aliphatic carbocycles. The molecule has 1 aliphatic heterocycles. The minimum Gasteiger partial charge on any atom is -0.468 e. The van der Waals surface area contributed by atoms with Crippen LogP contribution < -0.4 is 0 Å². The monoisotopic (exact) mass is 308 g/mol. The highest BCUT2D eigenvalue weighted by Gasteiger charge is 2.36. The minimum absolute atomic E-state index is 0.312. The number of aliphatic hydroxyl groups excluding tert-OH is 1. The standard InChI is InChI=1S/C14H16N2O4S/c1-19-14(18)11-5-10(17)7-16(11)6-9-8-21-13(15-9)12-3-2-4-20-12/h2-4,8,10-11,17H,5-7H2,1H3. The van der Waals surface area contributed by atoms with E-state index in [1.807, 2.05) is 22.4 Å². The van der Waals surface area contributed by atoms with Gasteiger partial charge in [0.2, 0.25) is 0 Å². The van der Waals surface area contributed by atoms with Crippen molar-refractivity contribution in [3.63, 3.8) is 0 Å². The van der Waals surface area contributed by atoms with Crippen LogP contribution in [0.25, 0.3) is 10.8 Å². The van der Waals surface area contributed by atoms with E-state index in [2.05, 4.69) is 4.98 Å². The number of β-amino-alcohol motifs (C(OH)–C–C–N with tert-alkyl or cyclic N) is 1. The number of hydrogen-bond donors (Lipinski definition) is 1. The summed E-state index contributed by atoms with van der Waals surface area (Å²) in [5.74, 6) is 0.422. The summed E-state index contributed by atoms with van der Waals surface area (Å²) in [6.45, 7) is 0.960. The maximum atomic E-state index is 11.7. The van der Waals surface area contributed by atoms with Crippen molar-refractivity contribution in [2.45, 2.75) is 25.1 Å². The maximum Gasteiger partial charge on any atom is 0.323 e. The van der Waals surface area contributed by atoms with E-state index >= 15 is 0 Å². The number of carbonyl (C=O) groups excluding carboxylic acids is 1. The summed E-state index contributed by atoms with van der Waals surface area (Å²) in [4.78, 5) is 18.2. The van der Waals surface area contributed by atoms with Gasteiger partial charge in [0.05, 0.1) is 25.2 Å². The summed E-state index contributed by atoms with van der Waals surface area (Å²) in [5.41, 5.74) is 0.856. The molecule has 112 valence electrons. The minimum atomic E-state index is -0.503. The predicted molar refractivity (Wildman–Crippen MR) is 76.7 cm³/mol. The zero-order valence-corrected chi connectivity index (χ0v) is 12.4. The number of esters is 1. The number of methoxy groups -OCH3 is 1. The molecule has 2 aromatic rings. The molecular formula is C14H16N2O4S. The van der Waals surface area contributed by atoms with Crippen molar-refractivity contribution in [3.05, 3.63) is 29.5 Å². The quantitative estimate of drug-likeness (QED) is 0.863. The van der Waals surface area contributed by atoms with Gasteiger partial charge in [0.25, 0.3) is 0 Å². The largest absolute Gasteiger partial charge is 0.468 e. The van der Waals surface area contributed by atoms with Gasteiger partial charge in [0.15, 0.2) is 10.8 Å². The molecule has 1 saturated heterocycles. The molecule has 0 radical (unpaired) electrons. The third-order valence-electron chi connectivity index (χ3n) is 3.50. The van der Waals surface area contributed by atoms with Gasteiger partial charge in [-0.25, -0.2) is 4.98 Å². The molecule has 0 amide bonds. The lowest BCUT2D eigenvalue weighted by molar-refractivity contribution is -0.146. The Bertz CT molecular complexity index is 610. The van der Waals surface area contributed by atoms with E-state index in [1.165, 1.54) is 18.4 Å². The molecular weight excluding hydrogens is 292 g/mol. The maximum absolute atomic E-state index is 11.7. The lowest BCUT2D eigenvalue weighted by atomic mass is 10.2. The Morgan fingerprint density at radius 1 is 1.67 bits per heavy atom. The molecule has 0 spiro atoms. The first-order valence-electron chi connectivity index (χ1n) is 6.65. The first-order valence-corrected chi connectivity index (χ1v) is 7.53. The molecule has 2 atom stereocenters. The number of nitrogens with zero attached hydrogens (tertiary/aromatic N) is 2. The molecule has 1 fully saturated rings. The smallest absolute Gasteiger partial charge is 0.323 e. The van der Waals surface area contributed by atoms with E-state index in [0.29, 0.717) is 19.5 Å². The molecule has 0 aromatic carbocycles. The van der Waals surface area contributed by atoms with E-state index in [4.69, 9.17) is 9.15 Å². The molecule has 1 aliphatic rings. The van der Waals surface area contributed by atoms with Crippen molar-refractivity contribution in [1.82, 2.24) is 9.88 Å². The molecule has 2 aromatic heterocycles. The zero-order chi connectivity index (χ0) is 14.8. The lowest BCUT2D eigenvalue weighted by Gasteiger charge is -2.20. The number of aliphatic hydroxyl groups is 1. The van der Waals surface area contributed by atoms with Crippen molar-refractivity contribution >= 4 is 17.3 Å². The SMILES string of the molecule is COC(=O)C1CC(O)CN1Cc1csc(-c2ccco2)n1. The summed E-state index contributed by atoms with van der Waals surface area (Å²) in [5, 5.41) is 12.5. The number of likely N-dealkylation sites (tertiary alicyclic amines) is 1. The van der Waals surface area contributed by atoms with Crippen LogP contribution in [0.2, 0.25) is 0 Å². The topological polar surface area (TPSA) is 75.8 Å². The van der Waals surface area contributed by atoms with Crippen molar-refractivity contribution in [2.24, 2.45) is 0 Å². The van der Waals surface area contributed by atoms with Gasteiger partial charge >= 0.3 is 5.97 Å². The lowest BCUT2D eigenvalue weighted by Crippen LogP contribution is -2.36. The normalized spacial score (nSPS) is 22.6. The van der Waals surface area contributed by atoms with Crippen LogP contribution in [-0.2, 0) is 16.1 Å². The van der Waals surface area contributed by atoms with Crippen molar-refractivity contribution in [2.75, 3.05) is 13.7 Å². The van der Waals surface area contributed by atoms with Crippen LogP contribution in [0, 0.1) is 0 Å². The molecule has 3 rings (SSSR count). The van der Waals surface area contributed by atoms with Crippen LogP contribution in [0.3, 0.4) is 0 Å². The van der Waals surface area contributed by atoms with Crippen molar-refractivity contribution in [1.29, 1.82) is 0 Å². The average Bonchev–Trinajstić information content (AvgIpc) is 3.18. The Kier molecular flexibility index (Phi) is 4.05. The first kappa shape index (κ1) is 14.2. The second-order valence-electron chi connectivity index (χ2n) is 4.98. The van der Waals surface area contributed by atoms with Crippen LogP contribution in [0.5, 0.6) is 0 Å². The van der Waals surface area contributed by atoms with Gasteiger partial charge in [-0.3, -0.25) is 9.69 Å². The molecule has 2 unspecified atom stereocenters. The van der Waals surface area contributed by atoms with Crippen LogP contribution >= 0.6 is 11.3 Å². The first-order chi connectivity index (χ1) is 10.2. The highest BCUT2D eigenvalue weighted by Crippen LogP contribution is 2.26. The molecule has 1 N–H and O–H groups in total. The van der Waals surface area contributed by atoms with Gasteiger partial charge < -0.3 is 14.3 Å². The van der Waals surface area contributed by atoms with E-state index in [9.17, 15) is 9.90 Å². The Morgan fingerprint density at radius 3 is 3.24 bits per heavy atom. The van der Waals surface area contributed by atoms with Crippen LogP contribution in [0.15, 0.2) is 28.2 Å². The number of thiazole rings is 1. The van der Waals surface area contributed by atoms with Crippen molar-refractivity contribution in [3.8, 4) is 10.8 Å². The molecule has 7 heteroatoms. The van der Waals surface area contributed by atoms with Crippen molar-refractivity contribution < 1.29 is 19.1 Å². The van der Waals surface area contributed by atoms with Crippen LogP contribution in [0.4, 0.5) is 0 Å². The van der Waals surface area contributed by atoms with Gasteiger partial charge in [-0.2, -0.15) is 0 Å². The van der Waals surface area contributed by atoms with E-state index < -0.39 is 12.1 Å². The summed E-state index contributed by atoms with van der Waals surface area (Å²) < 4.78 is 10.1. The van der Waals surface area contributed by atoms with Crippen LogP contribution in [-0.4, -0.2) is 46.8 Å². The van der Waals surface area contributed by atoms with Gasteiger partial charge in [0, 0.05) is 24.9 Å². The number of hydrogen-bond acceptors (Lipinski definition) is 7. The molecule has 3 heterocycles. The number of ether oxygens (including phenoxy) is 1. The summed E-state index contributed by atoms with van der Waals surface area (Å²) in [6, 6.07) is 3.28. The van der Waals surface area contributed by atoms with Gasteiger partial charge in [-0.05, 0) is 12.1 Å². The fraction of sp³-hybridized carbons (Fsp3) is 0.429. The Balaban J connectivity index is 1.72. The highest BCUT2D eigenvalue weighted by molar-refractivity contribution is 7.13. The van der Waals surface area contributed by atoms with Gasteiger partial charge in [0.1, 0.15) is 6.04 Å². The Morgan fingerprint density at radius 2 is 2.52 bits per heavy atom. The van der Waals surface area contributed by atoms with E-state index in [-0.39, 0.29) is 5.97 Å². The number of furan rings is 1. The fourth-order valence-electron chi connectivity index (χ4n) is 2.54. The Labute approximate surface area is 126 Å². The number of rotatable bonds is 4. The molecule has 21 heavy (non-hydrogen) atoms. The summed E-state index contributed by atoms with van der Waals surface area (Å²) >= 11 is 1.50. The van der Waals surface area contributed by atoms with E-state index in [0.717, 1.165) is 16.5 Å². The molecule has 0 saturated carbocycles. The number of carbonyl (C=O) groups is 1. The van der Waals surface area contributed by atoms with Gasteiger partial charge in [-0.15, -0.1) is 11.3 Å². The average molecular weight is 308 g/mol. The predicted octanol–water partition coefficient (Wildman–Crippen LogP) is 1.51. The number of aromatic nitrogens is 1. The fourth-order valence-corrected chi connectivity index (χ4v) is 3.31. The highest BCUT2D eigenvalue weighted by atomic mass is 32.1. The Hall–Kier alpha value is -1.70. The summed E-state index contributed by atoms with van der Waals surface area (Å²) in [7, 11) is 1.36. The zero-order valence-electron chi connectivity index (χ0n) is 11.6. The molecule has 6 nitrogen and oxygen atoms in total. The van der Waals surface area contributed by atoms with Gasteiger partial charge in [-0.1, -0.05) is 0 Å². The second-order valence-corrected chi connectivity index (χ2v) is 5.84. The third-order valence-corrected chi connectivity index (χ3v) is 4.41. The second kappa shape index (κ2) is 5.97.